The monoisotopic (exact) mass is 395 g/mol. The number of fused-ring (bicyclic) bond motifs is 1. The fourth-order valence-corrected chi connectivity index (χ4v) is 3.66. The number of nitrogens with zero attached hydrogens (tertiary/aromatic N) is 4. The molecule has 4 rings (SSSR count). The van der Waals surface area contributed by atoms with Crippen molar-refractivity contribution in [2.75, 3.05) is 46.1 Å². The summed E-state index contributed by atoms with van der Waals surface area (Å²) in [5, 5.41) is 3.44. The van der Waals surface area contributed by atoms with Crippen LogP contribution in [0.3, 0.4) is 0 Å². The van der Waals surface area contributed by atoms with E-state index in [0.717, 1.165) is 75.4 Å². The third-order valence-electron chi connectivity index (χ3n) is 5.21. The second kappa shape index (κ2) is 9.60. The smallest absolute Gasteiger partial charge is 0.231 e. The van der Waals surface area contributed by atoms with E-state index in [9.17, 15) is 0 Å². The summed E-state index contributed by atoms with van der Waals surface area (Å²) in [5.74, 6) is 2.71. The summed E-state index contributed by atoms with van der Waals surface area (Å²) in [4.78, 5) is 14.0. The number of aromatic nitrogens is 1. The van der Waals surface area contributed by atoms with E-state index in [2.05, 4.69) is 45.2 Å². The predicted molar refractivity (Wildman–Crippen MR) is 113 cm³/mol. The lowest BCUT2D eigenvalue weighted by Gasteiger charge is -2.36. The molecule has 1 saturated heterocycles. The van der Waals surface area contributed by atoms with Crippen molar-refractivity contribution in [1.82, 2.24) is 20.1 Å². The molecule has 154 valence electrons. The first-order chi connectivity index (χ1) is 14.3. The van der Waals surface area contributed by atoms with Gasteiger partial charge in [-0.2, -0.15) is 0 Å². The van der Waals surface area contributed by atoms with Crippen molar-refractivity contribution in [2.24, 2.45) is 4.99 Å². The van der Waals surface area contributed by atoms with Gasteiger partial charge < -0.3 is 19.7 Å². The zero-order chi connectivity index (χ0) is 19.9. The standard InChI is InChI=1S/C22H29N5O2/c1-2-23-22(25-10-8-19-5-3-4-9-24-19)27-13-11-26(12-14-27)16-18-6-7-20-21(15-18)29-17-28-20/h3-7,9,15H,2,8,10-14,16-17H2,1H3,(H,23,25). The summed E-state index contributed by atoms with van der Waals surface area (Å²) in [6, 6.07) is 12.3. The minimum absolute atomic E-state index is 0.324. The highest BCUT2D eigenvalue weighted by atomic mass is 16.7. The van der Waals surface area contributed by atoms with Crippen molar-refractivity contribution in [3.8, 4) is 11.5 Å². The molecule has 0 amide bonds. The van der Waals surface area contributed by atoms with Gasteiger partial charge in [0.25, 0.3) is 0 Å². The fourth-order valence-electron chi connectivity index (χ4n) is 3.66. The van der Waals surface area contributed by atoms with Crippen molar-refractivity contribution in [3.63, 3.8) is 0 Å². The molecule has 7 heteroatoms. The molecule has 0 aliphatic carbocycles. The summed E-state index contributed by atoms with van der Waals surface area (Å²) in [7, 11) is 0. The maximum absolute atomic E-state index is 5.50. The summed E-state index contributed by atoms with van der Waals surface area (Å²) >= 11 is 0. The minimum atomic E-state index is 0.324. The van der Waals surface area contributed by atoms with Gasteiger partial charge in [0.2, 0.25) is 6.79 Å². The van der Waals surface area contributed by atoms with Gasteiger partial charge in [0, 0.05) is 64.1 Å². The van der Waals surface area contributed by atoms with Crippen molar-refractivity contribution in [3.05, 3.63) is 53.9 Å². The molecule has 1 fully saturated rings. The second-order valence-electron chi connectivity index (χ2n) is 7.26. The SMILES string of the molecule is CCNC(=NCCc1ccccn1)N1CCN(Cc2ccc3c(c2)OCO3)CC1. The Morgan fingerprint density at radius 3 is 2.76 bits per heavy atom. The number of hydrogen-bond donors (Lipinski definition) is 1. The molecule has 1 N–H and O–H groups in total. The van der Waals surface area contributed by atoms with Gasteiger partial charge in [-0.15, -0.1) is 0 Å². The predicted octanol–water partition coefficient (Wildman–Crippen LogP) is 2.14. The molecule has 2 aliphatic rings. The van der Waals surface area contributed by atoms with E-state index < -0.39 is 0 Å². The largest absolute Gasteiger partial charge is 0.454 e. The van der Waals surface area contributed by atoms with Gasteiger partial charge in [0.1, 0.15) is 0 Å². The quantitative estimate of drug-likeness (QED) is 0.597. The van der Waals surface area contributed by atoms with E-state index in [0.29, 0.717) is 6.79 Å². The number of aliphatic imine (C=N–C) groups is 1. The van der Waals surface area contributed by atoms with Gasteiger partial charge in [0.05, 0.1) is 0 Å². The van der Waals surface area contributed by atoms with E-state index in [1.807, 2.05) is 24.4 Å². The average molecular weight is 396 g/mol. The lowest BCUT2D eigenvalue weighted by Crippen LogP contribution is -2.52. The summed E-state index contributed by atoms with van der Waals surface area (Å²) < 4.78 is 10.9. The highest BCUT2D eigenvalue weighted by molar-refractivity contribution is 5.80. The molecule has 0 saturated carbocycles. The first-order valence-corrected chi connectivity index (χ1v) is 10.4. The maximum Gasteiger partial charge on any atom is 0.231 e. The maximum atomic E-state index is 5.50. The Bertz CT molecular complexity index is 819. The molecule has 0 radical (unpaired) electrons. The molecule has 3 heterocycles. The Kier molecular flexibility index (Phi) is 6.46. The van der Waals surface area contributed by atoms with E-state index in [-0.39, 0.29) is 0 Å². The molecule has 2 aromatic rings. The molecule has 2 aliphatic heterocycles. The van der Waals surface area contributed by atoms with Crippen LogP contribution in [-0.2, 0) is 13.0 Å². The highest BCUT2D eigenvalue weighted by Gasteiger charge is 2.20. The summed E-state index contributed by atoms with van der Waals surface area (Å²) in [6.07, 6.45) is 2.70. The molecular weight excluding hydrogens is 366 g/mol. The van der Waals surface area contributed by atoms with E-state index >= 15 is 0 Å². The number of pyridine rings is 1. The van der Waals surface area contributed by atoms with Crippen LogP contribution in [0, 0.1) is 0 Å². The van der Waals surface area contributed by atoms with Crippen molar-refractivity contribution in [1.29, 1.82) is 0 Å². The molecule has 1 aromatic heterocycles. The number of benzene rings is 1. The van der Waals surface area contributed by atoms with Crippen molar-refractivity contribution < 1.29 is 9.47 Å². The molecule has 0 atom stereocenters. The van der Waals surface area contributed by atoms with Gasteiger partial charge in [-0.05, 0) is 36.8 Å². The number of nitrogens with one attached hydrogen (secondary N) is 1. The number of piperazine rings is 1. The lowest BCUT2D eigenvalue weighted by molar-refractivity contribution is 0.171. The van der Waals surface area contributed by atoms with Crippen LogP contribution in [-0.4, -0.2) is 66.8 Å². The minimum Gasteiger partial charge on any atom is -0.454 e. The zero-order valence-electron chi connectivity index (χ0n) is 17.0. The first-order valence-electron chi connectivity index (χ1n) is 10.4. The van der Waals surface area contributed by atoms with E-state index in [1.165, 1.54) is 5.56 Å². The number of guanidine groups is 1. The third-order valence-corrected chi connectivity index (χ3v) is 5.21. The van der Waals surface area contributed by atoms with Crippen molar-refractivity contribution >= 4 is 5.96 Å². The Hall–Kier alpha value is -2.80. The molecular formula is C22H29N5O2. The van der Waals surface area contributed by atoms with Crippen LogP contribution in [0.25, 0.3) is 0 Å². The topological polar surface area (TPSA) is 62.2 Å². The molecule has 29 heavy (non-hydrogen) atoms. The molecule has 1 aromatic carbocycles. The van der Waals surface area contributed by atoms with Crippen LogP contribution >= 0.6 is 0 Å². The molecule has 0 unspecified atom stereocenters. The van der Waals surface area contributed by atoms with Crippen LogP contribution in [0.1, 0.15) is 18.2 Å². The van der Waals surface area contributed by atoms with Crippen LogP contribution < -0.4 is 14.8 Å². The van der Waals surface area contributed by atoms with Crippen LogP contribution in [0.2, 0.25) is 0 Å². The Morgan fingerprint density at radius 1 is 1.10 bits per heavy atom. The van der Waals surface area contributed by atoms with Gasteiger partial charge in [-0.1, -0.05) is 12.1 Å². The average Bonchev–Trinajstić information content (AvgIpc) is 3.22. The van der Waals surface area contributed by atoms with Crippen LogP contribution in [0.5, 0.6) is 11.5 Å². The molecule has 0 spiro atoms. The van der Waals surface area contributed by atoms with Crippen LogP contribution in [0.4, 0.5) is 0 Å². The highest BCUT2D eigenvalue weighted by Crippen LogP contribution is 2.32. The normalized spacial score (nSPS) is 16.9. The Balaban J connectivity index is 1.29. The van der Waals surface area contributed by atoms with Gasteiger partial charge in [-0.25, -0.2) is 0 Å². The fraction of sp³-hybridized carbons (Fsp3) is 0.455. The number of ether oxygens (including phenoxy) is 2. The zero-order valence-corrected chi connectivity index (χ0v) is 17.0. The van der Waals surface area contributed by atoms with Crippen LogP contribution in [0.15, 0.2) is 47.6 Å². The summed E-state index contributed by atoms with van der Waals surface area (Å²) in [5.41, 5.74) is 2.35. The van der Waals surface area contributed by atoms with E-state index in [4.69, 9.17) is 14.5 Å². The Labute approximate surface area is 172 Å². The lowest BCUT2D eigenvalue weighted by atomic mass is 10.1. The van der Waals surface area contributed by atoms with Gasteiger partial charge in [-0.3, -0.25) is 14.9 Å². The Morgan fingerprint density at radius 2 is 1.97 bits per heavy atom. The number of hydrogen-bond acceptors (Lipinski definition) is 5. The number of rotatable bonds is 6. The van der Waals surface area contributed by atoms with E-state index in [1.54, 1.807) is 0 Å². The third kappa shape index (κ3) is 5.17. The second-order valence-corrected chi connectivity index (χ2v) is 7.26. The van der Waals surface area contributed by atoms with Gasteiger partial charge in [0.15, 0.2) is 17.5 Å². The molecule has 7 nitrogen and oxygen atoms in total. The van der Waals surface area contributed by atoms with Crippen molar-refractivity contribution in [2.45, 2.75) is 19.9 Å². The van der Waals surface area contributed by atoms with Gasteiger partial charge >= 0.3 is 0 Å². The summed E-state index contributed by atoms with van der Waals surface area (Å²) in [6.45, 7) is 8.96. The molecule has 0 bridgehead atoms. The first kappa shape index (κ1) is 19.5.